The molecule has 3 nitrogen and oxygen atoms in total. The molecule has 0 fully saturated rings. The number of benzene rings is 2. The Morgan fingerprint density at radius 2 is 1.86 bits per heavy atom. The maximum absolute atomic E-state index is 6.10. The Labute approximate surface area is 141 Å². The fraction of sp³-hybridized carbons (Fsp3) is 0.250. The first kappa shape index (κ1) is 16.3. The molecule has 2 atom stereocenters. The molecule has 0 aliphatic rings. The lowest BCUT2D eigenvalue weighted by Crippen LogP contribution is -2.29. The highest BCUT2D eigenvalue weighted by Gasteiger charge is 2.19. The zero-order chi connectivity index (χ0) is 15.4. The average Bonchev–Trinajstić information content (AvgIpc) is 2.45. The predicted molar refractivity (Wildman–Crippen MR) is 91.9 cm³/mol. The van der Waals surface area contributed by atoms with Gasteiger partial charge in [-0.15, -0.1) is 0 Å². The molecule has 5 heteroatoms. The number of halogens is 2. The molecular formula is C16H17Br2NO2. The summed E-state index contributed by atoms with van der Waals surface area (Å²) >= 11 is 6.97. The van der Waals surface area contributed by atoms with Crippen molar-refractivity contribution in [3.8, 4) is 11.5 Å². The van der Waals surface area contributed by atoms with Crippen molar-refractivity contribution in [3.05, 3.63) is 57.0 Å². The number of nitrogens with two attached hydrogens (primary N) is 1. The van der Waals surface area contributed by atoms with Gasteiger partial charge >= 0.3 is 0 Å². The van der Waals surface area contributed by atoms with Gasteiger partial charge in [0.05, 0.1) is 11.6 Å². The van der Waals surface area contributed by atoms with Crippen LogP contribution < -0.4 is 15.2 Å². The van der Waals surface area contributed by atoms with Crippen molar-refractivity contribution in [2.75, 3.05) is 7.11 Å². The van der Waals surface area contributed by atoms with Crippen molar-refractivity contribution in [1.82, 2.24) is 0 Å². The van der Waals surface area contributed by atoms with Gasteiger partial charge < -0.3 is 15.2 Å². The fourth-order valence-corrected chi connectivity index (χ4v) is 2.87. The van der Waals surface area contributed by atoms with Gasteiger partial charge in [-0.2, -0.15) is 0 Å². The van der Waals surface area contributed by atoms with Gasteiger partial charge in [0.2, 0.25) is 0 Å². The number of ether oxygens (including phenoxy) is 2. The van der Waals surface area contributed by atoms with Crippen LogP contribution in [0.15, 0.2) is 51.4 Å². The van der Waals surface area contributed by atoms with Gasteiger partial charge in [-0.25, -0.2) is 0 Å². The summed E-state index contributed by atoms with van der Waals surface area (Å²) in [4.78, 5) is 0. The number of hydrogen-bond acceptors (Lipinski definition) is 3. The van der Waals surface area contributed by atoms with E-state index in [9.17, 15) is 0 Å². The van der Waals surface area contributed by atoms with Crippen molar-refractivity contribution >= 4 is 31.9 Å². The summed E-state index contributed by atoms with van der Waals surface area (Å²) < 4.78 is 13.1. The molecule has 0 aliphatic carbocycles. The van der Waals surface area contributed by atoms with Gasteiger partial charge in [0.15, 0.2) is 0 Å². The average molecular weight is 415 g/mol. The minimum Gasteiger partial charge on any atom is -0.497 e. The third kappa shape index (κ3) is 4.22. The maximum atomic E-state index is 6.10. The number of methoxy groups -OCH3 is 1. The SMILES string of the molecule is COc1ccc(OC(c2cccc(Br)c2)C(C)N)c(Br)c1. The normalized spacial score (nSPS) is 13.6. The molecule has 0 aromatic heterocycles. The van der Waals surface area contributed by atoms with Gasteiger partial charge in [-0.05, 0) is 58.7 Å². The van der Waals surface area contributed by atoms with E-state index in [1.54, 1.807) is 7.11 Å². The third-order valence-electron chi connectivity index (χ3n) is 3.05. The van der Waals surface area contributed by atoms with Crippen LogP contribution in [0.1, 0.15) is 18.6 Å². The first-order valence-corrected chi connectivity index (χ1v) is 8.11. The summed E-state index contributed by atoms with van der Waals surface area (Å²) in [5.74, 6) is 1.51. The number of rotatable bonds is 5. The summed E-state index contributed by atoms with van der Waals surface area (Å²) in [6, 6.07) is 13.4. The van der Waals surface area contributed by atoms with Crippen LogP contribution in [0.25, 0.3) is 0 Å². The van der Waals surface area contributed by atoms with Crippen molar-refractivity contribution in [2.45, 2.75) is 19.1 Å². The van der Waals surface area contributed by atoms with Crippen LogP contribution in [0.5, 0.6) is 11.5 Å². The summed E-state index contributed by atoms with van der Waals surface area (Å²) in [5, 5.41) is 0. The van der Waals surface area contributed by atoms with Gasteiger partial charge in [-0.3, -0.25) is 0 Å². The second-order valence-corrected chi connectivity index (χ2v) is 6.52. The van der Waals surface area contributed by atoms with E-state index < -0.39 is 0 Å². The highest BCUT2D eigenvalue weighted by atomic mass is 79.9. The first-order valence-electron chi connectivity index (χ1n) is 6.52. The minimum absolute atomic E-state index is 0.145. The molecule has 2 unspecified atom stereocenters. The van der Waals surface area contributed by atoms with Crippen molar-refractivity contribution in [1.29, 1.82) is 0 Å². The summed E-state index contributed by atoms with van der Waals surface area (Å²) in [6.07, 6.45) is -0.229. The van der Waals surface area contributed by atoms with Crippen molar-refractivity contribution in [3.63, 3.8) is 0 Å². The molecule has 2 aromatic rings. The minimum atomic E-state index is -0.229. The lowest BCUT2D eigenvalue weighted by molar-refractivity contribution is 0.179. The molecule has 0 radical (unpaired) electrons. The van der Waals surface area contributed by atoms with Crippen LogP contribution in [-0.2, 0) is 0 Å². The van der Waals surface area contributed by atoms with Gasteiger partial charge in [0, 0.05) is 10.5 Å². The molecule has 0 spiro atoms. The molecular weight excluding hydrogens is 398 g/mol. The molecule has 2 aromatic carbocycles. The van der Waals surface area contributed by atoms with E-state index in [4.69, 9.17) is 15.2 Å². The van der Waals surface area contributed by atoms with E-state index in [1.807, 2.05) is 49.4 Å². The van der Waals surface area contributed by atoms with Crippen LogP contribution in [0, 0.1) is 0 Å². The van der Waals surface area contributed by atoms with Crippen LogP contribution in [-0.4, -0.2) is 13.2 Å². The highest BCUT2D eigenvalue weighted by molar-refractivity contribution is 9.10. The molecule has 0 heterocycles. The van der Waals surface area contributed by atoms with E-state index in [0.717, 1.165) is 26.0 Å². The Morgan fingerprint density at radius 1 is 1.10 bits per heavy atom. The standard InChI is InChI=1S/C16H17Br2NO2/c1-10(19)16(11-4-3-5-12(17)8-11)21-15-7-6-13(20-2)9-14(15)18/h3-10,16H,19H2,1-2H3. The van der Waals surface area contributed by atoms with E-state index >= 15 is 0 Å². The van der Waals surface area contributed by atoms with E-state index in [1.165, 1.54) is 0 Å². The molecule has 0 bridgehead atoms. The molecule has 2 rings (SSSR count). The lowest BCUT2D eigenvalue weighted by atomic mass is 10.0. The second-order valence-electron chi connectivity index (χ2n) is 4.75. The van der Waals surface area contributed by atoms with Gasteiger partial charge in [0.25, 0.3) is 0 Å². The molecule has 0 aliphatic heterocycles. The summed E-state index contributed by atoms with van der Waals surface area (Å²) in [6.45, 7) is 1.93. The Morgan fingerprint density at radius 3 is 2.43 bits per heavy atom. The largest absolute Gasteiger partial charge is 0.497 e. The Kier molecular flexibility index (Phi) is 5.67. The van der Waals surface area contributed by atoms with E-state index in [2.05, 4.69) is 31.9 Å². The maximum Gasteiger partial charge on any atom is 0.139 e. The van der Waals surface area contributed by atoms with Gasteiger partial charge in [-0.1, -0.05) is 28.1 Å². The molecule has 2 N–H and O–H groups in total. The number of hydrogen-bond donors (Lipinski definition) is 1. The summed E-state index contributed by atoms with van der Waals surface area (Å²) in [5.41, 5.74) is 7.12. The Hall–Kier alpha value is -1.04. The van der Waals surface area contributed by atoms with Crippen LogP contribution >= 0.6 is 31.9 Å². The molecule has 0 saturated carbocycles. The second kappa shape index (κ2) is 7.29. The Bertz CT molecular complexity index is 617. The van der Waals surface area contributed by atoms with Gasteiger partial charge in [0.1, 0.15) is 17.6 Å². The lowest BCUT2D eigenvalue weighted by Gasteiger charge is -2.24. The quantitative estimate of drug-likeness (QED) is 0.771. The van der Waals surface area contributed by atoms with Crippen molar-refractivity contribution < 1.29 is 9.47 Å². The smallest absolute Gasteiger partial charge is 0.139 e. The zero-order valence-corrected chi connectivity index (χ0v) is 15.0. The molecule has 112 valence electrons. The van der Waals surface area contributed by atoms with E-state index in [-0.39, 0.29) is 12.1 Å². The zero-order valence-electron chi connectivity index (χ0n) is 11.8. The van der Waals surface area contributed by atoms with Crippen LogP contribution in [0.3, 0.4) is 0 Å². The Balaban J connectivity index is 2.29. The van der Waals surface area contributed by atoms with Crippen LogP contribution in [0.2, 0.25) is 0 Å². The van der Waals surface area contributed by atoms with E-state index in [0.29, 0.717) is 0 Å². The molecule has 21 heavy (non-hydrogen) atoms. The molecule has 0 amide bonds. The monoisotopic (exact) mass is 413 g/mol. The van der Waals surface area contributed by atoms with Crippen molar-refractivity contribution in [2.24, 2.45) is 5.73 Å². The topological polar surface area (TPSA) is 44.5 Å². The summed E-state index contributed by atoms with van der Waals surface area (Å²) in [7, 11) is 1.63. The molecule has 0 saturated heterocycles. The van der Waals surface area contributed by atoms with Crippen LogP contribution in [0.4, 0.5) is 0 Å². The highest BCUT2D eigenvalue weighted by Crippen LogP contribution is 2.33. The first-order chi connectivity index (χ1) is 10.0. The predicted octanol–water partition coefficient (Wildman–Crippen LogP) is 4.69. The third-order valence-corrected chi connectivity index (χ3v) is 4.16. The fourth-order valence-electron chi connectivity index (χ4n) is 2.00.